The molecule has 27 heavy (non-hydrogen) atoms. The fourth-order valence-corrected chi connectivity index (χ4v) is 3.03. The van der Waals surface area contributed by atoms with Crippen molar-refractivity contribution in [3.63, 3.8) is 0 Å². The molecule has 0 saturated carbocycles. The van der Waals surface area contributed by atoms with Gasteiger partial charge in [-0.15, -0.1) is 0 Å². The topological polar surface area (TPSA) is 76.7 Å². The normalized spacial score (nSPS) is 13.5. The van der Waals surface area contributed by atoms with Gasteiger partial charge in [-0.3, -0.25) is 9.59 Å². The zero-order valence-corrected chi connectivity index (χ0v) is 15.4. The fourth-order valence-electron chi connectivity index (χ4n) is 3.03. The summed E-state index contributed by atoms with van der Waals surface area (Å²) < 4.78 is 11.1. The van der Waals surface area contributed by atoms with Crippen LogP contribution in [-0.4, -0.2) is 31.6 Å². The Hall–Kier alpha value is -3.02. The van der Waals surface area contributed by atoms with Gasteiger partial charge in [0.25, 0.3) is 0 Å². The molecule has 1 aliphatic rings. The molecule has 1 unspecified atom stereocenters. The van der Waals surface area contributed by atoms with Crippen LogP contribution in [0.3, 0.4) is 0 Å². The maximum atomic E-state index is 12.3. The van der Waals surface area contributed by atoms with Crippen LogP contribution in [0, 0.1) is 0 Å². The van der Waals surface area contributed by atoms with E-state index in [0.717, 1.165) is 22.6 Å². The highest BCUT2D eigenvalue weighted by Crippen LogP contribution is 2.30. The van der Waals surface area contributed by atoms with E-state index in [1.807, 2.05) is 48.5 Å². The average Bonchev–Trinajstić information content (AvgIpc) is 2.68. The highest BCUT2D eigenvalue weighted by Gasteiger charge is 2.17. The van der Waals surface area contributed by atoms with Crippen molar-refractivity contribution >= 4 is 11.8 Å². The molecular formula is C21H24N2O4. The van der Waals surface area contributed by atoms with Crippen LogP contribution in [0.15, 0.2) is 48.5 Å². The Morgan fingerprint density at radius 2 is 1.78 bits per heavy atom. The van der Waals surface area contributed by atoms with Crippen LogP contribution in [0.5, 0.6) is 11.5 Å². The zero-order valence-electron chi connectivity index (χ0n) is 15.4. The lowest BCUT2D eigenvalue weighted by Crippen LogP contribution is -2.33. The van der Waals surface area contributed by atoms with E-state index in [4.69, 9.17) is 9.47 Å². The largest absolute Gasteiger partial charge is 0.486 e. The third kappa shape index (κ3) is 5.48. The number of carbonyl (C=O) groups is 2. The quantitative estimate of drug-likeness (QED) is 0.787. The monoisotopic (exact) mass is 368 g/mol. The third-order valence-corrected chi connectivity index (χ3v) is 4.31. The molecule has 142 valence electrons. The van der Waals surface area contributed by atoms with Gasteiger partial charge >= 0.3 is 0 Å². The van der Waals surface area contributed by atoms with Crippen molar-refractivity contribution in [2.75, 3.05) is 19.8 Å². The van der Waals surface area contributed by atoms with Crippen LogP contribution in [0.25, 0.3) is 0 Å². The van der Waals surface area contributed by atoms with Crippen molar-refractivity contribution in [1.82, 2.24) is 10.6 Å². The second-order valence-electron chi connectivity index (χ2n) is 6.45. The molecule has 0 fully saturated rings. The van der Waals surface area contributed by atoms with Crippen molar-refractivity contribution in [2.45, 2.75) is 25.8 Å². The molecule has 0 saturated heterocycles. The molecule has 6 nitrogen and oxygen atoms in total. The highest BCUT2D eigenvalue weighted by atomic mass is 16.6. The first kappa shape index (κ1) is 18.8. The van der Waals surface area contributed by atoms with Gasteiger partial charge in [-0.2, -0.15) is 0 Å². The number of rotatable bonds is 7. The van der Waals surface area contributed by atoms with E-state index >= 15 is 0 Å². The summed E-state index contributed by atoms with van der Waals surface area (Å²) in [6.07, 6.45) is 0.892. The number of ether oxygens (including phenoxy) is 2. The van der Waals surface area contributed by atoms with E-state index < -0.39 is 0 Å². The Morgan fingerprint density at radius 3 is 2.52 bits per heavy atom. The van der Waals surface area contributed by atoms with Gasteiger partial charge < -0.3 is 20.1 Å². The molecular weight excluding hydrogens is 344 g/mol. The molecule has 0 aromatic heterocycles. The minimum atomic E-state index is -0.335. The van der Waals surface area contributed by atoms with Gasteiger partial charge in [0.1, 0.15) is 13.2 Å². The van der Waals surface area contributed by atoms with E-state index in [-0.39, 0.29) is 24.3 Å². The van der Waals surface area contributed by atoms with E-state index in [0.29, 0.717) is 26.2 Å². The van der Waals surface area contributed by atoms with E-state index in [1.54, 1.807) is 0 Å². The van der Waals surface area contributed by atoms with Crippen LogP contribution in [0.2, 0.25) is 0 Å². The molecule has 0 aliphatic carbocycles. The summed E-state index contributed by atoms with van der Waals surface area (Å²) in [5.74, 6) is 1.25. The number of nitrogens with one attached hydrogen (secondary N) is 2. The Labute approximate surface area is 158 Å². The van der Waals surface area contributed by atoms with Crippen molar-refractivity contribution in [3.8, 4) is 11.5 Å². The van der Waals surface area contributed by atoms with Gasteiger partial charge in [0.15, 0.2) is 11.5 Å². The van der Waals surface area contributed by atoms with Crippen molar-refractivity contribution in [1.29, 1.82) is 0 Å². The number of hydrogen-bond donors (Lipinski definition) is 2. The van der Waals surface area contributed by atoms with Crippen molar-refractivity contribution < 1.29 is 19.1 Å². The van der Waals surface area contributed by atoms with Crippen LogP contribution < -0.4 is 20.1 Å². The number of carbonyl (C=O) groups excluding carboxylic acids is 2. The summed E-state index contributed by atoms with van der Waals surface area (Å²) in [5, 5.41) is 5.76. The Kier molecular flexibility index (Phi) is 6.30. The van der Waals surface area contributed by atoms with Gasteiger partial charge in [0.2, 0.25) is 11.8 Å². The predicted octanol–water partition coefficient (Wildman–Crippen LogP) is 2.38. The Morgan fingerprint density at radius 1 is 1.04 bits per heavy atom. The predicted molar refractivity (Wildman–Crippen MR) is 102 cm³/mol. The summed E-state index contributed by atoms with van der Waals surface area (Å²) in [4.78, 5) is 23.8. The molecule has 2 N–H and O–H groups in total. The number of amides is 2. The SMILES string of the molecule is CC(=O)NC(CC(=O)NCCc1ccc2c(c1)OCCO2)c1ccccc1. The Balaban J connectivity index is 1.51. The molecule has 1 aliphatic heterocycles. The molecule has 2 amide bonds. The minimum absolute atomic E-state index is 0.102. The first-order chi connectivity index (χ1) is 13.1. The lowest BCUT2D eigenvalue weighted by atomic mass is 10.0. The summed E-state index contributed by atoms with van der Waals surface area (Å²) in [6, 6.07) is 15.0. The second kappa shape index (κ2) is 9.07. The molecule has 0 radical (unpaired) electrons. The van der Waals surface area contributed by atoms with E-state index in [1.165, 1.54) is 6.92 Å². The number of hydrogen-bond acceptors (Lipinski definition) is 4. The molecule has 2 aromatic carbocycles. The molecule has 1 heterocycles. The fraction of sp³-hybridized carbons (Fsp3) is 0.333. The van der Waals surface area contributed by atoms with Crippen LogP contribution in [-0.2, 0) is 16.0 Å². The smallest absolute Gasteiger partial charge is 0.222 e. The standard InChI is InChI=1S/C21H24N2O4/c1-15(24)23-18(17-5-3-2-4-6-17)14-21(25)22-10-9-16-7-8-19-20(13-16)27-12-11-26-19/h2-8,13,18H,9-12,14H2,1H3,(H,22,25)(H,23,24). The summed E-state index contributed by atoms with van der Waals surface area (Å²) in [7, 11) is 0. The van der Waals surface area contributed by atoms with Gasteiger partial charge in [-0.1, -0.05) is 36.4 Å². The Bertz CT molecular complexity index is 792. The second-order valence-corrected chi connectivity index (χ2v) is 6.45. The highest BCUT2D eigenvalue weighted by molar-refractivity contribution is 5.79. The van der Waals surface area contributed by atoms with Crippen molar-refractivity contribution in [2.24, 2.45) is 0 Å². The molecule has 3 rings (SSSR count). The lowest BCUT2D eigenvalue weighted by molar-refractivity contribution is -0.122. The maximum absolute atomic E-state index is 12.3. The summed E-state index contributed by atoms with van der Waals surface area (Å²) >= 11 is 0. The van der Waals surface area contributed by atoms with Crippen LogP contribution in [0.1, 0.15) is 30.5 Å². The summed E-state index contributed by atoms with van der Waals surface area (Å²) in [5.41, 5.74) is 1.98. The van der Waals surface area contributed by atoms with Gasteiger partial charge in [-0.05, 0) is 29.7 Å². The molecule has 1 atom stereocenters. The van der Waals surface area contributed by atoms with E-state index in [2.05, 4.69) is 10.6 Å². The lowest BCUT2D eigenvalue weighted by Gasteiger charge is -2.19. The molecule has 0 spiro atoms. The first-order valence-corrected chi connectivity index (χ1v) is 9.09. The van der Waals surface area contributed by atoms with Crippen LogP contribution >= 0.6 is 0 Å². The third-order valence-electron chi connectivity index (χ3n) is 4.31. The molecule has 0 bridgehead atoms. The molecule has 2 aromatic rings. The summed E-state index contributed by atoms with van der Waals surface area (Å²) in [6.45, 7) is 3.09. The number of fused-ring (bicyclic) bond motifs is 1. The van der Waals surface area contributed by atoms with E-state index in [9.17, 15) is 9.59 Å². The van der Waals surface area contributed by atoms with Crippen molar-refractivity contribution in [3.05, 3.63) is 59.7 Å². The minimum Gasteiger partial charge on any atom is -0.486 e. The van der Waals surface area contributed by atoms with Gasteiger partial charge in [0, 0.05) is 13.5 Å². The average molecular weight is 368 g/mol. The maximum Gasteiger partial charge on any atom is 0.222 e. The molecule has 6 heteroatoms. The van der Waals surface area contributed by atoms with Gasteiger partial charge in [0.05, 0.1) is 12.5 Å². The first-order valence-electron chi connectivity index (χ1n) is 9.09. The zero-order chi connectivity index (χ0) is 19.1. The van der Waals surface area contributed by atoms with Crippen LogP contribution in [0.4, 0.5) is 0 Å². The van der Waals surface area contributed by atoms with Gasteiger partial charge in [-0.25, -0.2) is 0 Å². The number of benzene rings is 2.